The van der Waals surface area contributed by atoms with E-state index in [9.17, 15) is 21.6 Å². The maximum atomic E-state index is 12.9. The molecule has 1 aliphatic heterocycles. The molecule has 0 radical (unpaired) electrons. The monoisotopic (exact) mass is 314 g/mol. The average Bonchev–Trinajstić information content (AvgIpc) is 2.78. The van der Waals surface area contributed by atoms with Crippen LogP contribution in [0.1, 0.15) is 13.3 Å². The smallest absolute Gasteiger partial charge is 0.364 e. The summed E-state index contributed by atoms with van der Waals surface area (Å²) in [4.78, 5) is 3.52. The fourth-order valence-corrected chi connectivity index (χ4v) is 3.04. The molecular formula is C9H13F3N4O3S. The molecule has 11 heteroatoms. The van der Waals surface area contributed by atoms with E-state index in [1.165, 1.54) is 0 Å². The van der Waals surface area contributed by atoms with Crippen molar-refractivity contribution in [3.63, 3.8) is 0 Å². The number of sulfonamides is 1. The summed E-state index contributed by atoms with van der Waals surface area (Å²) in [5.41, 5.74) is -2.35. The van der Waals surface area contributed by atoms with E-state index in [1.807, 2.05) is 0 Å². The van der Waals surface area contributed by atoms with E-state index in [1.54, 1.807) is 0 Å². The van der Waals surface area contributed by atoms with Gasteiger partial charge < -0.3 is 4.74 Å². The summed E-state index contributed by atoms with van der Waals surface area (Å²) in [6, 6.07) is 0. The summed E-state index contributed by atoms with van der Waals surface area (Å²) in [5, 5.41) is 5.22. The molecule has 0 saturated carbocycles. The molecule has 1 unspecified atom stereocenters. The zero-order chi connectivity index (χ0) is 15.0. The molecule has 114 valence electrons. The van der Waals surface area contributed by atoms with Gasteiger partial charge in [0, 0.05) is 13.1 Å². The van der Waals surface area contributed by atoms with E-state index < -0.39 is 33.4 Å². The van der Waals surface area contributed by atoms with Crippen LogP contribution in [0.25, 0.3) is 0 Å². The summed E-state index contributed by atoms with van der Waals surface area (Å²) in [6.07, 6.45) is -4.02. The number of hydrogen-bond acceptors (Lipinski definition) is 5. The third kappa shape index (κ3) is 2.65. The topological polar surface area (TPSA) is 88.2 Å². The molecule has 1 saturated heterocycles. The number of aromatic nitrogens is 3. The highest BCUT2D eigenvalue weighted by atomic mass is 32.2. The Morgan fingerprint density at radius 1 is 1.45 bits per heavy atom. The average molecular weight is 314 g/mol. The van der Waals surface area contributed by atoms with Crippen molar-refractivity contribution in [1.29, 1.82) is 0 Å². The predicted octanol–water partition coefficient (Wildman–Crippen LogP) is 0.537. The first-order valence-corrected chi connectivity index (χ1v) is 7.17. The van der Waals surface area contributed by atoms with Gasteiger partial charge >= 0.3 is 6.18 Å². The molecule has 1 atom stereocenters. The van der Waals surface area contributed by atoms with E-state index in [0.717, 1.165) is 17.6 Å². The van der Waals surface area contributed by atoms with Crippen LogP contribution in [0.4, 0.5) is 13.2 Å². The van der Waals surface area contributed by atoms with Crippen LogP contribution < -0.4 is 0 Å². The zero-order valence-electron chi connectivity index (χ0n) is 10.5. The van der Waals surface area contributed by atoms with Crippen LogP contribution in [-0.2, 0) is 14.8 Å². The Hall–Kier alpha value is -1.20. The normalized spacial score (nSPS) is 26.4. The standard InChI is InChI=1S/C9H13F3N4O3S/c1-8(9(10,11)12)2-3-16(4-5-19-8)20(17,18)7-13-6-14-15-7/h6H,2-5H2,1H3,(H,13,14,15). The number of hydrogen-bond donors (Lipinski definition) is 1. The molecule has 0 spiro atoms. The van der Waals surface area contributed by atoms with Gasteiger partial charge in [-0.05, 0) is 13.3 Å². The molecule has 1 fully saturated rings. The summed E-state index contributed by atoms with van der Waals surface area (Å²) < 4.78 is 68.6. The highest BCUT2D eigenvalue weighted by molar-refractivity contribution is 7.88. The van der Waals surface area contributed by atoms with Crippen LogP contribution >= 0.6 is 0 Å². The second-order valence-corrected chi connectivity index (χ2v) is 6.38. The number of nitrogens with one attached hydrogen (secondary N) is 1. The maximum Gasteiger partial charge on any atom is 0.417 e. The molecule has 1 N–H and O–H groups in total. The summed E-state index contributed by atoms with van der Waals surface area (Å²) in [5.74, 6) is 0. The largest absolute Gasteiger partial charge is 0.417 e. The molecule has 0 amide bonds. The van der Waals surface area contributed by atoms with Gasteiger partial charge in [0.1, 0.15) is 6.33 Å². The number of aromatic amines is 1. The Labute approximate surface area is 113 Å². The minimum absolute atomic E-state index is 0.172. The molecular weight excluding hydrogens is 301 g/mol. The fourth-order valence-electron chi connectivity index (χ4n) is 1.80. The van der Waals surface area contributed by atoms with E-state index in [0.29, 0.717) is 0 Å². The Bertz CT molecular complexity index is 559. The lowest BCUT2D eigenvalue weighted by Crippen LogP contribution is -2.45. The third-order valence-corrected chi connectivity index (χ3v) is 4.91. The number of nitrogens with zero attached hydrogens (tertiary/aromatic N) is 3. The lowest BCUT2D eigenvalue weighted by atomic mass is 10.0. The number of alkyl halides is 3. The minimum atomic E-state index is -4.56. The van der Waals surface area contributed by atoms with E-state index >= 15 is 0 Å². The first-order chi connectivity index (χ1) is 9.17. The van der Waals surface area contributed by atoms with Gasteiger partial charge in [0.05, 0.1) is 6.61 Å². The first kappa shape index (κ1) is 15.2. The molecule has 0 aromatic carbocycles. The molecule has 0 aliphatic carbocycles. The van der Waals surface area contributed by atoms with Crippen molar-refractivity contribution in [2.75, 3.05) is 19.7 Å². The van der Waals surface area contributed by atoms with Gasteiger partial charge in [0.2, 0.25) is 0 Å². The van der Waals surface area contributed by atoms with Crippen LogP contribution in [0.5, 0.6) is 0 Å². The van der Waals surface area contributed by atoms with E-state index in [2.05, 4.69) is 15.2 Å². The highest BCUT2D eigenvalue weighted by Crippen LogP contribution is 2.37. The van der Waals surface area contributed by atoms with Crippen LogP contribution in [0.2, 0.25) is 0 Å². The van der Waals surface area contributed by atoms with Gasteiger partial charge in [0.25, 0.3) is 15.2 Å². The van der Waals surface area contributed by atoms with Crippen molar-refractivity contribution in [2.45, 2.75) is 30.3 Å². The second-order valence-electron chi connectivity index (χ2n) is 4.52. The summed E-state index contributed by atoms with van der Waals surface area (Å²) >= 11 is 0. The molecule has 2 rings (SSSR count). The highest BCUT2D eigenvalue weighted by Gasteiger charge is 2.53. The van der Waals surface area contributed by atoms with Gasteiger partial charge in [-0.25, -0.2) is 18.5 Å². The van der Waals surface area contributed by atoms with Crippen LogP contribution in [-0.4, -0.2) is 59.4 Å². The molecule has 0 bridgehead atoms. The van der Waals surface area contributed by atoms with Crippen LogP contribution in [0.3, 0.4) is 0 Å². The van der Waals surface area contributed by atoms with Crippen molar-refractivity contribution in [3.05, 3.63) is 6.33 Å². The lowest BCUT2D eigenvalue weighted by molar-refractivity contribution is -0.269. The first-order valence-electron chi connectivity index (χ1n) is 5.73. The van der Waals surface area contributed by atoms with Crippen molar-refractivity contribution in [3.8, 4) is 0 Å². The van der Waals surface area contributed by atoms with Crippen LogP contribution in [0.15, 0.2) is 11.5 Å². The van der Waals surface area contributed by atoms with Crippen LogP contribution in [0, 0.1) is 0 Å². The molecule has 20 heavy (non-hydrogen) atoms. The van der Waals surface area contributed by atoms with Gasteiger partial charge in [0.15, 0.2) is 5.60 Å². The quantitative estimate of drug-likeness (QED) is 0.860. The second kappa shape index (κ2) is 4.97. The van der Waals surface area contributed by atoms with Crippen molar-refractivity contribution >= 4 is 10.0 Å². The fraction of sp³-hybridized carbons (Fsp3) is 0.778. The van der Waals surface area contributed by atoms with Crippen molar-refractivity contribution < 1.29 is 26.3 Å². The molecule has 1 aliphatic rings. The Morgan fingerprint density at radius 3 is 2.70 bits per heavy atom. The lowest BCUT2D eigenvalue weighted by Gasteiger charge is -2.30. The predicted molar refractivity (Wildman–Crippen MR) is 60.2 cm³/mol. The molecule has 1 aromatic heterocycles. The molecule has 1 aromatic rings. The van der Waals surface area contributed by atoms with E-state index in [-0.39, 0.29) is 19.7 Å². The maximum absolute atomic E-state index is 12.9. The molecule has 7 nitrogen and oxygen atoms in total. The van der Waals surface area contributed by atoms with Gasteiger partial charge in [-0.2, -0.15) is 22.6 Å². The Balaban J connectivity index is 2.19. The van der Waals surface area contributed by atoms with Gasteiger partial charge in [-0.1, -0.05) is 0 Å². The minimum Gasteiger partial charge on any atom is -0.364 e. The van der Waals surface area contributed by atoms with E-state index in [4.69, 9.17) is 4.74 Å². The van der Waals surface area contributed by atoms with Gasteiger partial charge in [-0.3, -0.25) is 0 Å². The van der Waals surface area contributed by atoms with Crippen molar-refractivity contribution in [1.82, 2.24) is 19.5 Å². The SMILES string of the molecule is CC1(C(F)(F)F)CCN(S(=O)(=O)c2ncn[nH]2)CCO1. The van der Waals surface area contributed by atoms with Crippen molar-refractivity contribution in [2.24, 2.45) is 0 Å². The molecule has 2 heterocycles. The summed E-state index contributed by atoms with van der Waals surface area (Å²) in [7, 11) is -3.98. The Kier molecular flexibility index (Phi) is 3.77. The number of H-pyrrole nitrogens is 1. The number of halogens is 3. The number of rotatable bonds is 2. The zero-order valence-corrected chi connectivity index (χ0v) is 11.3. The van der Waals surface area contributed by atoms with Gasteiger partial charge in [-0.15, -0.1) is 0 Å². The summed E-state index contributed by atoms with van der Waals surface area (Å²) in [6.45, 7) is 0.0920. The number of ether oxygens (including phenoxy) is 1. The Morgan fingerprint density at radius 2 is 2.15 bits per heavy atom. The third-order valence-electron chi connectivity index (χ3n) is 3.18.